The Morgan fingerprint density at radius 1 is 1.41 bits per heavy atom. The van der Waals surface area contributed by atoms with E-state index >= 15 is 0 Å². The summed E-state index contributed by atoms with van der Waals surface area (Å²) in [5.74, 6) is -0.369. The van der Waals surface area contributed by atoms with Gasteiger partial charge in [0, 0.05) is 17.8 Å². The summed E-state index contributed by atoms with van der Waals surface area (Å²) in [5.41, 5.74) is 1.29. The van der Waals surface area contributed by atoms with E-state index in [2.05, 4.69) is 0 Å². The van der Waals surface area contributed by atoms with Gasteiger partial charge >= 0.3 is 0 Å². The van der Waals surface area contributed by atoms with E-state index in [1.54, 1.807) is 6.07 Å². The van der Waals surface area contributed by atoms with E-state index in [0.717, 1.165) is 5.69 Å². The van der Waals surface area contributed by atoms with Crippen molar-refractivity contribution in [1.29, 1.82) is 0 Å². The zero-order valence-corrected chi connectivity index (χ0v) is 9.47. The molecule has 1 heterocycles. The number of aliphatic hydroxyl groups is 2. The summed E-state index contributed by atoms with van der Waals surface area (Å²) in [6, 6.07) is 4.17. The van der Waals surface area contributed by atoms with Crippen LogP contribution in [0, 0.1) is 5.82 Å². The maximum Gasteiger partial charge on any atom is 0.123 e. The van der Waals surface area contributed by atoms with Gasteiger partial charge < -0.3 is 19.8 Å². The zero-order chi connectivity index (χ0) is 12.3. The molecule has 0 saturated carbocycles. The largest absolute Gasteiger partial charge is 0.394 e. The first-order valence-corrected chi connectivity index (χ1v) is 5.60. The normalized spacial score (nSPS) is 20.6. The van der Waals surface area contributed by atoms with E-state index in [4.69, 9.17) is 4.74 Å². The lowest BCUT2D eigenvalue weighted by molar-refractivity contribution is 0.0725. The SMILES string of the molecule is OCc1cc(F)ccc1N1CCOCC1CO. The van der Waals surface area contributed by atoms with Crippen LogP contribution in [0.2, 0.25) is 0 Å². The molecule has 0 aromatic heterocycles. The van der Waals surface area contributed by atoms with E-state index in [1.807, 2.05) is 4.90 Å². The van der Waals surface area contributed by atoms with Gasteiger partial charge in [0.2, 0.25) is 0 Å². The van der Waals surface area contributed by atoms with Crippen LogP contribution in [-0.2, 0) is 11.3 Å². The van der Waals surface area contributed by atoms with Gasteiger partial charge in [0.25, 0.3) is 0 Å². The van der Waals surface area contributed by atoms with Crippen LogP contribution in [0.3, 0.4) is 0 Å². The zero-order valence-electron chi connectivity index (χ0n) is 9.47. The second-order valence-corrected chi connectivity index (χ2v) is 4.04. The van der Waals surface area contributed by atoms with Crippen LogP contribution in [0.1, 0.15) is 5.56 Å². The van der Waals surface area contributed by atoms with Crippen LogP contribution >= 0.6 is 0 Å². The molecule has 1 saturated heterocycles. The Hall–Kier alpha value is -1.17. The maximum absolute atomic E-state index is 13.1. The molecule has 17 heavy (non-hydrogen) atoms. The fourth-order valence-corrected chi connectivity index (χ4v) is 2.08. The average Bonchev–Trinajstić information content (AvgIpc) is 2.38. The fraction of sp³-hybridized carbons (Fsp3) is 0.500. The molecule has 1 aromatic rings. The van der Waals surface area contributed by atoms with E-state index in [1.165, 1.54) is 12.1 Å². The first kappa shape index (κ1) is 12.3. The second kappa shape index (κ2) is 5.44. The first-order valence-electron chi connectivity index (χ1n) is 5.60. The summed E-state index contributed by atoms with van der Waals surface area (Å²) in [6.45, 7) is 1.40. The van der Waals surface area contributed by atoms with Crippen molar-refractivity contribution in [3.63, 3.8) is 0 Å². The standard InChI is InChI=1S/C12H16FNO3/c13-10-1-2-12(9(5-10)6-15)14-3-4-17-8-11(14)7-16/h1-2,5,11,15-16H,3-4,6-8H2. The highest BCUT2D eigenvalue weighted by atomic mass is 19.1. The molecule has 0 amide bonds. The van der Waals surface area contributed by atoms with Gasteiger partial charge in [-0.25, -0.2) is 4.39 Å². The Kier molecular flexibility index (Phi) is 3.93. The summed E-state index contributed by atoms with van der Waals surface area (Å²) in [5, 5.41) is 18.5. The van der Waals surface area contributed by atoms with Gasteiger partial charge in [-0.1, -0.05) is 0 Å². The van der Waals surface area contributed by atoms with Crippen LogP contribution in [-0.4, -0.2) is 42.6 Å². The second-order valence-electron chi connectivity index (χ2n) is 4.04. The summed E-state index contributed by atoms with van der Waals surface area (Å²) in [4.78, 5) is 1.95. The highest BCUT2D eigenvalue weighted by Gasteiger charge is 2.24. The third-order valence-electron chi connectivity index (χ3n) is 2.96. The minimum Gasteiger partial charge on any atom is -0.394 e. The lowest BCUT2D eigenvalue weighted by Crippen LogP contribution is -2.48. The third kappa shape index (κ3) is 2.57. The smallest absolute Gasteiger partial charge is 0.123 e. The fourth-order valence-electron chi connectivity index (χ4n) is 2.08. The molecule has 0 bridgehead atoms. The Balaban J connectivity index is 2.30. The molecule has 2 N–H and O–H groups in total. The number of halogens is 1. The van der Waals surface area contributed by atoms with Gasteiger partial charge in [-0.3, -0.25) is 0 Å². The number of morpholine rings is 1. The molecule has 94 valence electrons. The number of nitrogens with zero attached hydrogens (tertiary/aromatic N) is 1. The molecular weight excluding hydrogens is 225 g/mol. The minimum atomic E-state index is -0.369. The van der Waals surface area contributed by atoms with Gasteiger partial charge in [-0.05, 0) is 18.2 Å². The number of benzene rings is 1. The van der Waals surface area contributed by atoms with Gasteiger partial charge in [-0.2, -0.15) is 0 Å². The van der Waals surface area contributed by atoms with Gasteiger partial charge in [0.1, 0.15) is 5.82 Å². The molecule has 2 rings (SSSR count). The highest BCUT2D eigenvalue weighted by molar-refractivity contribution is 5.54. The average molecular weight is 241 g/mol. The molecule has 0 spiro atoms. The van der Waals surface area contributed by atoms with E-state index < -0.39 is 0 Å². The molecule has 1 atom stereocenters. The number of rotatable bonds is 3. The van der Waals surface area contributed by atoms with E-state index in [9.17, 15) is 14.6 Å². The van der Waals surface area contributed by atoms with E-state index in [0.29, 0.717) is 25.3 Å². The van der Waals surface area contributed by atoms with Crippen LogP contribution in [0.5, 0.6) is 0 Å². The maximum atomic E-state index is 13.1. The molecule has 1 aliphatic heterocycles. The number of anilines is 1. The van der Waals surface area contributed by atoms with Crippen LogP contribution in [0.25, 0.3) is 0 Å². The molecule has 1 aromatic carbocycles. The molecular formula is C12H16FNO3. The molecule has 4 nitrogen and oxygen atoms in total. The molecule has 0 aliphatic carbocycles. The monoisotopic (exact) mass is 241 g/mol. The molecule has 5 heteroatoms. The third-order valence-corrected chi connectivity index (χ3v) is 2.96. The summed E-state index contributed by atoms with van der Waals surface area (Å²) < 4.78 is 18.4. The lowest BCUT2D eigenvalue weighted by atomic mass is 10.1. The summed E-state index contributed by atoms with van der Waals surface area (Å²) in [7, 11) is 0. The Bertz CT molecular complexity index is 386. The molecule has 1 aliphatic rings. The number of aliphatic hydroxyl groups excluding tert-OH is 2. The molecule has 0 radical (unpaired) electrons. The van der Waals surface area contributed by atoms with Crippen molar-refractivity contribution in [2.45, 2.75) is 12.6 Å². The Labute approximate surface area is 99.2 Å². The van der Waals surface area contributed by atoms with Gasteiger partial charge in [0.05, 0.1) is 32.5 Å². The van der Waals surface area contributed by atoms with Crippen molar-refractivity contribution in [2.75, 3.05) is 31.3 Å². The minimum absolute atomic E-state index is 0.0256. The number of ether oxygens (including phenoxy) is 1. The number of hydrogen-bond acceptors (Lipinski definition) is 4. The number of hydrogen-bond donors (Lipinski definition) is 2. The predicted molar refractivity (Wildman–Crippen MR) is 61.4 cm³/mol. The quantitative estimate of drug-likeness (QED) is 0.810. The van der Waals surface area contributed by atoms with Gasteiger partial charge in [0.15, 0.2) is 0 Å². The Morgan fingerprint density at radius 3 is 2.94 bits per heavy atom. The first-order chi connectivity index (χ1) is 8.26. The van der Waals surface area contributed by atoms with Crippen molar-refractivity contribution in [3.8, 4) is 0 Å². The van der Waals surface area contributed by atoms with Crippen molar-refractivity contribution in [1.82, 2.24) is 0 Å². The van der Waals surface area contributed by atoms with Crippen LogP contribution in [0.4, 0.5) is 10.1 Å². The topological polar surface area (TPSA) is 52.9 Å². The lowest BCUT2D eigenvalue weighted by Gasteiger charge is -2.37. The Morgan fingerprint density at radius 2 is 2.24 bits per heavy atom. The van der Waals surface area contributed by atoms with Crippen LogP contribution < -0.4 is 4.90 Å². The van der Waals surface area contributed by atoms with Crippen molar-refractivity contribution < 1.29 is 19.3 Å². The highest BCUT2D eigenvalue weighted by Crippen LogP contribution is 2.25. The molecule has 1 unspecified atom stereocenters. The van der Waals surface area contributed by atoms with Crippen molar-refractivity contribution >= 4 is 5.69 Å². The van der Waals surface area contributed by atoms with Crippen molar-refractivity contribution in [3.05, 3.63) is 29.6 Å². The summed E-state index contributed by atoms with van der Waals surface area (Å²) in [6.07, 6.45) is 0. The molecule has 1 fully saturated rings. The van der Waals surface area contributed by atoms with Crippen LogP contribution in [0.15, 0.2) is 18.2 Å². The van der Waals surface area contributed by atoms with E-state index in [-0.39, 0.29) is 25.1 Å². The summed E-state index contributed by atoms with van der Waals surface area (Å²) >= 11 is 0. The predicted octanol–water partition coefficient (Wildman–Crippen LogP) is 0.515. The van der Waals surface area contributed by atoms with Gasteiger partial charge in [-0.15, -0.1) is 0 Å². The van der Waals surface area contributed by atoms with Crippen molar-refractivity contribution in [2.24, 2.45) is 0 Å².